The Kier molecular flexibility index (Phi) is 12.0. The summed E-state index contributed by atoms with van der Waals surface area (Å²) >= 11 is 13.9. The van der Waals surface area contributed by atoms with Crippen LogP contribution in [0.2, 0.25) is 10.0 Å². The van der Waals surface area contributed by atoms with Gasteiger partial charge in [0.05, 0.1) is 40.1 Å². The van der Waals surface area contributed by atoms with Gasteiger partial charge >= 0.3 is 0 Å². The van der Waals surface area contributed by atoms with E-state index in [4.69, 9.17) is 32.9 Å². The molecule has 14 heteroatoms. The van der Waals surface area contributed by atoms with Gasteiger partial charge in [0.15, 0.2) is 0 Å². The van der Waals surface area contributed by atoms with Gasteiger partial charge in [0.1, 0.15) is 11.5 Å². The lowest BCUT2D eigenvalue weighted by molar-refractivity contribution is -0.119. The van der Waals surface area contributed by atoms with Gasteiger partial charge in [-0.15, -0.1) is 0 Å². The lowest BCUT2D eigenvalue weighted by Gasteiger charge is -2.16. The first-order valence-electron chi connectivity index (χ1n) is 16.0. The molecule has 0 unspecified atom stereocenters. The van der Waals surface area contributed by atoms with Crippen molar-refractivity contribution in [3.8, 4) is 28.3 Å². The normalized spacial score (nSPS) is 13.3. The fourth-order valence-corrected chi connectivity index (χ4v) is 6.40. The van der Waals surface area contributed by atoms with E-state index in [9.17, 15) is 18.4 Å². The van der Waals surface area contributed by atoms with Crippen LogP contribution in [0.5, 0.6) is 5.88 Å². The van der Waals surface area contributed by atoms with Crippen LogP contribution in [0.25, 0.3) is 33.2 Å². The predicted molar refractivity (Wildman–Crippen MR) is 194 cm³/mol. The summed E-state index contributed by atoms with van der Waals surface area (Å²) in [5.41, 5.74) is 4.39. The molecule has 4 heterocycles. The Hall–Kier alpha value is -4.65. The average Bonchev–Trinajstić information content (AvgIpc) is 3.79. The Morgan fingerprint density at radius 1 is 0.940 bits per heavy atom. The SMILES string of the molecule is CNC.COc1nc(-c2cccc(-c3cccc(Nc4nc(C(F)F)cc5cnn(C)c(=O)c45)c3Cl)c2Cl)cc2c1CCC2.O=C1CCCN1. The van der Waals surface area contributed by atoms with E-state index in [1.165, 1.54) is 18.8 Å². The van der Waals surface area contributed by atoms with Gasteiger partial charge in [-0.3, -0.25) is 9.59 Å². The van der Waals surface area contributed by atoms with Crippen LogP contribution in [0.1, 0.15) is 42.5 Å². The first-order chi connectivity index (χ1) is 24.1. The van der Waals surface area contributed by atoms with Crippen molar-refractivity contribution >= 4 is 51.4 Å². The van der Waals surface area contributed by atoms with Crippen LogP contribution in [-0.4, -0.2) is 53.4 Å². The minimum absolute atomic E-state index is 0.0471. The molecule has 0 spiro atoms. The third kappa shape index (κ3) is 7.88. The number of alkyl halides is 2. The fourth-order valence-electron chi connectivity index (χ4n) is 5.80. The molecule has 5 aromatic rings. The molecule has 50 heavy (non-hydrogen) atoms. The Bertz CT molecular complexity index is 2080. The summed E-state index contributed by atoms with van der Waals surface area (Å²) in [6, 6.07) is 14.0. The molecule has 7 rings (SSSR count). The fraction of sp³-hybridized carbons (Fsp3) is 0.306. The van der Waals surface area contributed by atoms with Gasteiger partial charge in [0.25, 0.3) is 12.0 Å². The number of nitrogens with zero attached hydrogens (tertiary/aromatic N) is 4. The van der Waals surface area contributed by atoms with Crippen LogP contribution in [0.15, 0.2) is 59.5 Å². The van der Waals surface area contributed by atoms with Crippen LogP contribution in [0.3, 0.4) is 0 Å². The quantitative estimate of drug-likeness (QED) is 0.167. The van der Waals surface area contributed by atoms with Gasteiger partial charge in [0, 0.05) is 47.7 Å². The number of ether oxygens (including phenoxy) is 1. The predicted octanol–water partition coefficient (Wildman–Crippen LogP) is 7.27. The highest BCUT2D eigenvalue weighted by Crippen LogP contribution is 2.43. The molecule has 3 N–H and O–H groups in total. The number of nitrogens with one attached hydrogen (secondary N) is 3. The van der Waals surface area contributed by atoms with Crippen molar-refractivity contribution in [2.24, 2.45) is 7.05 Å². The Balaban J connectivity index is 0.000000476. The maximum Gasteiger partial charge on any atom is 0.280 e. The van der Waals surface area contributed by atoms with Crippen molar-refractivity contribution in [3.63, 3.8) is 0 Å². The topological polar surface area (TPSA) is 123 Å². The number of aryl methyl sites for hydroxylation is 2. The zero-order chi connectivity index (χ0) is 35.9. The average molecular weight is 725 g/mol. The molecule has 0 atom stereocenters. The molecule has 0 radical (unpaired) electrons. The molecular weight excluding hydrogens is 687 g/mol. The summed E-state index contributed by atoms with van der Waals surface area (Å²) < 4.78 is 34.0. The van der Waals surface area contributed by atoms with Crippen molar-refractivity contribution in [2.45, 2.75) is 38.5 Å². The first kappa shape index (κ1) is 36.6. The number of methoxy groups -OCH3 is 1. The van der Waals surface area contributed by atoms with Crippen LogP contribution in [0.4, 0.5) is 20.3 Å². The van der Waals surface area contributed by atoms with Crippen LogP contribution in [-0.2, 0) is 24.7 Å². The zero-order valence-corrected chi connectivity index (χ0v) is 29.6. The van der Waals surface area contributed by atoms with Gasteiger partial charge < -0.3 is 20.7 Å². The van der Waals surface area contributed by atoms with E-state index in [1.54, 1.807) is 25.3 Å². The molecule has 1 aliphatic heterocycles. The summed E-state index contributed by atoms with van der Waals surface area (Å²) in [5, 5.41) is 13.5. The zero-order valence-electron chi connectivity index (χ0n) is 28.0. The summed E-state index contributed by atoms with van der Waals surface area (Å²) in [6.45, 7) is 0.888. The number of rotatable bonds is 6. The molecular formula is C36H37Cl2F2N7O3. The number of carbonyl (C=O) groups is 1. The van der Waals surface area contributed by atoms with E-state index in [2.05, 4.69) is 32.1 Å². The molecule has 2 aromatic carbocycles. The van der Waals surface area contributed by atoms with Crippen LogP contribution < -0.4 is 26.2 Å². The third-order valence-corrected chi connectivity index (χ3v) is 8.95. The molecule has 10 nitrogen and oxygen atoms in total. The van der Waals surface area contributed by atoms with Gasteiger partial charge in [0.2, 0.25) is 11.8 Å². The van der Waals surface area contributed by atoms with Crippen molar-refractivity contribution in [1.29, 1.82) is 0 Å². The minimum Gasteiger partial charge on any atom is -0.481 e. The third-order valence-electron chi connectivity index (χ3n) is 8.14. The van der Waals surface area contributed by atoms with Crippen molar-refractivity contribution in [3.05, 3.63) is 91.9 Å². The number of aromatic nitrogens is 4. The van der Waals surface area contributed by atoms with Crippen LogP contribution in [0, 0.1) is 0 Å². The molecule has 1 saturated heterocycles. The number of halogens is 4. The van der Waals surface area contributed by atoms with E-state index >= 15 is 0 Å². The maximum atomic E-state index is 13.7. The second-order valence-electron chi connectivity index (χ2n) is 11.7. The second kappa shape index (κ2) is 16.4. The molecule has 3 aromatic heterocycles. The summed E-state index contributed by atoms with van der Waals surface area (Å²) in [7, 11) is 6.84. The summed E-state index contributed by atoms with van der Waals surface area (Å²) in [4.78, 5) is 31.8. The number of carbonyl (C=O) groups excluding carboxylic acids is 1. The highest BCUT2D eigenvalue weighted by Gasteiger charge is 2.22. The lowest BCUT2D eigenvalue weighted by atomic mass is 9.99. The number of benzene rings is 2. The van der Waals surface area contributed by atoms with Crippen molar-refractivity contribution < 1.29 is 18.3 Å². The van der Waals surface area contributed by atoms with Gasteiger partial charge in [-0.25, -0.2) is 23.4 Å². The first-order valence-corrected chi connectivity index (χ1v) is 16.7. The van der Waals surface area contributed by atoms with Crippen molar-refractivity contribution in [1.82, 2.24) is 30.4 Å². The smallest absolute Gasteiger partial charge is 0.280 e. The molecule has 1 amide bonds. The molecule has 1 aliphatic carbocycles. The molecule has 0 saturated carbocycles. The monoisotopic (exact) mass is 723 g/mol. The molecule has 2 aliphatic rings. The summed E-state index contributed by atoms with van der Waals surface area (Å²) in [5.74, 6) is 0.761. The van der Waals surface area contributed by atoms with Crippen molar-refractivity contribution in [2.75, 3.05) is 33.1 Å². The largest absolute Gasteiger partial charge is 0.481 e. The highest BCUT2D eigenvalue weighted by atomic mass is 35.5. The minimum atomic E-state index is -2.85. The molecule has 0 bridgehead atoms. The highest BCUT2D eigenvalue weighted by molar-refractivity contribution is 6.39. The number of anilines is 2. The second-order valence-corrected chi connectivity index (χ2v) is 12.4. The standard InChI is InChI=1S/C30H23Cl2F2N5O2.C4H7NO.C2H7N/c1-39-30(40)24-16(14-35-39)13-23(27(33)34)37-28(24)36-21-11-5-9-19(26(21)32)18-8-4-10-20(25(18)31)22-12-15-6-3-7-17(15)29(38-22)41-2;6-4-2-1-3-5-4;1-3-2/h4-5,8-14,27H,3,6-7H2,1-2H3,(H,36,37);1-3H2,(H,5,6);3H,1-2H3. The molecule has 262 valence electrons. The van der Waals surface area contributed by atoms with E-state index in [-0.39, 0.29) is 27.5 Å². The van der Waals surface area contributed by atoms with E-state index in [0.29, 0.717) is 33.4 Å². The Labute approximate surface area is 298 Å². The Morgan fingerprint density at radius 3 is 2.28 bits per heavy atom. The number of pyridine rings is 2. The number of fused-ring (bicyclic) bond motifs is 2. The van der Waals surface area contributed by atoms with E-state index < -0.39 is 17.7 Å². The number of hydrogen-bond donors (Lipinski definition) is 3. The van der Waals surface area contributed by atoms with E-state index in [1.807, 2.05) is 32.3 Å². The maximum absolute atomic E-state index is 13.7. The van der Waals surface area contributed by atoms with Gasteiger partial charge in [-0.05, 0) is 63.5 Å². The van der Waals surface area contributed by atoms with Gasteiger partial charge in [-0.2, -0.15) is 5.10 Å². The number of hydrogen-bond acceptors (Lipinski definition) is 8. The molecule has 1 fully saturated rings. The lowest BCUT2D eigenvalue weighted by Crippen LogP contribution is -2.20. The Morgan fingerprint density at radius 2 is 1.64 bits per heavy atom. The summed E-state index contributed by atoms with van der Waals surface area (Å²) in [6.07, 6.45) is 3.19. The van der Waals surface area contributed by atoms with E-state index in [0.717, 1.165) is 60.5 Å². The number of amides is 1. The van der Waals surface area contributed by atoms with Crippen LogP contribution >= 0.6 is 23.2 Å². The van der Waals surface area contributed by atoms with Gasteiger partial charge in [-0.1, -0.05) is 53.5 Å².